The van der Waals surface area contributed by atoms with E-state index < -0.39 is 10.8 Å². The lowest BCUT2D eigenvalue weighted by atomic mass is 10.1. The number of carbonyl (C=O) groups is 1. The number of nitrogen functional groups attached to an aromatic ring is 1. The van der Waals surface area contributed by atoms with E-state index in [-0.39, 0.29) is 17.7 Å². The molecule has 0 aromatic carbocycles. The van der Waals surface area contributed by atoms with Crippen LogP contribution in [0.1, 0.15) is 12.8 Å². The maximum Gasteiger partial charge on any atom is 0.233 e. The fourth-order valence-electron chi connectivity index (χ4n) is 1.91. The van der Waals surface area contributed by atoms with E-state index >= 15 is 0 Å². The minimum Gasteiger partial charge on any atom is -0.396 e. The highest BCUT2D eigenvalue weighted by atomic mass is 32.2. The number of nitrogens with two attached hydrogens (primary N) is 1. The van der Waals surface area contributed by atoms with Gasteiger partial charge in [-0.05, 0) is 18.9 Å². The third-order valence-corrected chi connectivity index (χ3v) is 4.29. The van der Waals surface area contributed by atoms with Gasteiger partial charge in [-0.3, -0.25) is 14.0 Å². The SMILES string of the molecule is Nc1cnccc1S(=O)CC(=O)NC1CCOCC1. The van der Waals surface area contributed by atoms with Gasteiger partial charge in [0.15, 0.2) is 0 Å². The second-order valence-electron chi connectivity index (χ2n) is 4.36. The molecule has 2 rings (SSSR count). The Labute approximate surface area is 114 Å². The summed E-state index contributed by atoms with van der Waals surface area (Å²) in [7, 11) is -1.44. The summed E-state index contributed by atoms with van der Waals surface area (Å²) in [5.74, 6) is -0.299. The predicted molar refractivity (Wildman–Crippen MR) is 71.9 cm³/mol. The van der Waals surface area contributed by atoms with E-state index in [1.165, 1.54) is 12.4 Å². The van der Waals surface area contributed by atoms with Crippen molar-refractivity contribution in [1.82, 2.24) is 10.3 Å². The van der Waals surface area contributed by atoms with Gasteiger partial charge >= 0.3 is 0 Å². The van der Waals surface area contributed by atoms with Crippen molar-refractivity contribution in [3.05, 3.63) is 18.5 Å². The van der Waals surface area contributed by atoms with E-state index in [4.69, 9.17) is 10.5 Å². The molecule has 6 nitrogen and oxygen atoms in total. The minimum atomic E-state index is -1.44. The Morgan fingerprint density at radius 2 is 2.26 bits per heavy atom. The first kappa shape index (κ1) is 14.0. The van der Waals surface area contributed by atoms with Crippen LogP contribution >= 0.6 is 0 Å². The zero-order valence-electron chi connectivity index (χ0n) is 10.5. The van der Waals surface area contributed by atoms with E-state index in [0.717, 1.165) is 12.8 Å². The van der Waals surface area contributed by atoms with Gasteiger partial charge in [0.2, 0.25) is 5.91 Å². The maximum atomic E-state index is 12.0. The van der Waals surface area contributed by atoms with Crippen LogP contribution in [0.25, 0.3) is 0 Å². The fraction of sp³-hybridized carbons (Fsp3) is 0.500. The number of hydrogen-bond donors (Lipinski definition) is 2. The molecule has 1 unspecified atom stereocenters. The standard InChI is InChI=1S/C12H17N3O3S/c13-10-7-14-4-1-11(10)19(17)8-12(16)15-9-2-5-18-6-3-9/h1,4,7,9H,2-3,5-6,8,13H2,(H,15,16). The van der Waals surface area contributed by atoms with E-state index in [0.29, 0.717) is 23.8 Å². The first-order valence-corrected chi connectivity index (χ1v) is 7.43. The molecule has 1 fully saturated rings. The number of aromatic nitrogens is 1. The third kappa shape index (κ3) is 4.00. The Bertz CT molecular complexity index is 475. The topological polar surface area (TPSA) is 94.3 Å². The number of hydrogen-bond acceptors (Lipinski definition) is 5. The summed E-state index contributed by atoms with van der Waals surface area (Å²) in [6.45, 7) is 1.32. The van der Waals surface area contributed by atoms with Gasteiger partial charge < -0.3 is 15.8 Å². The quantitative estimate of drug-likeness (QED) is 0.815. The van der Waals surface area contributed by atoms with Crippen molar-refractivity contribution in [3.63, 3.8) is 0 Å². The molecular weight excluding hydrogens is 266 g/mol. The van der Waals surface area contributed by atoms with Crippen molar-refractivity contribution in [2.45, 2.75) is 23.8 Å². The fourth-order valence-corrected chi connectivity index (χ4v) is 2.91. The van der Waals surface area contributed by atoms with Gasteiger partial charge in [0.05, 0.1) is 27.6 Å². The van der Waals surface area contributed by atoms with Crippen LogP contribution in [-0.2, 0) is 20.3 Å². The average molecular weight is 283 g/mol. The highest BCUT2D eigenvalue weighted by molar-refractivity contribution is 7.86. The lowest BCUT2D eigenvalue weighted by Crippen LogP contribution is -2.40. The van der Waals surface area contributed by atoms with Gasteiger partial charge in [-0.2, -0.15) is 0 Å². The molecule has 19 heavy (non-hydrogen) atoms. The maximum absolute atomic E-state index is 12.0. The molecule has 0 aliphatic carbocycles. The summed E-state index contributed by atoms with van der Waals surface area (Å²) in [5.41, 5.74) is 6.02. The van der Waals surface area contributed by atoms with E-state index in [2.05, 4.69) is 10.3 Å². The number of ether oxygens (including phenoxy) is 1. The molecule has 3 N–H and O–H groups in total. The van der Waals surface area contributed by atoms with Crippen LogP contribution in [0.3, 0.4) is 0 Å². The molecule has 0 bridgehead atoms. The van der Waals surface area contributed by atoms with Crippen LogP contribution in [0.15, 0.2) is 23.4 Å². The summed E-state index contributed by atoms with van der Waals surface area (Å²) in [6.07, 6.45) is 4.55. The number of nitrogens with one attached hydrogen (secondary N) is 1. The van der Waals surface area contributed by atoms with Crippen molar-refractivity contribution >= 4 is 22.4 Å². The smallest absolute Gasteiger partial charge is 0.233 e. The van der Waals surface area contributed by atoms with Gasteiger partial charge in [-0.25, -0.2) is 0 Å². The van der Waals surface area contributed by atoms with Crippen LogP contribution in [0, 0.1) is 0 Å². The second kappa shape index (κ2) is 6.63. The molecular formula is C12H17N3O3S. The van der Waals surface area contributed by atoms with Crippen molar-refractivity contribution in [3.8, 4) is 0 Å². The summed E-state index contributed by atoms with van der Waals surface area (Å²) >= 11 is 0. The lowest BCUT2D eigenvalue weighted by molar-refractivity contribution is -0.119. The Balaban J connectivity index is 1.88. The highest BCUT2D eigenvalue weighted by Crippen LogP contribution is 2.14. The van der Waals surface area contributed by atoms with E-state index in [9.17, 15) is 9.00 Å². The van der Waals surface area contributed by atoms with Crippen molar-refractivity contribution < 1.29 is 13.7 Å². The Hall–Kier alpha value is -1.47. The molecule has 2 heterocycles. The molecule has 104 valence electrons. The lowest BCUT2D eigenvalue weighted by Gasteiger charge is -2.23. The average Bonchev–Trinajstić information content (AvgIpc) is 2.40. The number of anilines is 1. The summed E-state index contributed by atoms with van der Waals surface area (Å²) in [4.78, 5) is 16.1. The molecule has 0 radical (unpaired) electrons. The normalized spacial score (nSPS) is 17.9. The van der Waals surface area contributed by atoms with Gasteiger partial charge in [-0.1, -0.05) is 0 Å². The predicted octanol–water partition coefficient (Wildman–Crippen LogP) is 0.0666. The van der Waals surface area contributed by atoms with Crippen LogP contribution in [0.4, 0.5) is 5.69 Å². The van der Waals surface area contributed by atoms with Crippen LogP contribution < -0.4 is 11.1 Å². The number of nitrogens with zero attached hydrogens (tertiary/aromatic N) is 1. The molecule has 1 aliphatic heterocycles. The molecule has 7 heteroatoms. The molecule has 1 atom stereocenters. The molecule has 1 aliphatic rings. The first-order chi connectivity index (χ1) is 9.16. The molecule has 1 saturated heterocycles. The summed E-state index contributed by atoms with van der Waals surface area (Å²) < 4.78 is 17.2. The van der Waals surface area contributed by atoms with E-state index in [1.54, 1.807) is 6.07 Å². The summed E-state index contributed by atoms with van der Waals surface area (Å²) in [6, 6.07) is 1.70. The van der Waals surface area contributed by atoms with Crippen LogP contribution in [0.5, 0.6) is 0 Å². The van der Waals surface area contributed by atoms with Gasteiger partial charge in [0.25, 0.3) is 0 Å². The zero-order chi connectivity index (χ0) is 13.7. The molecule has 0 saturated carbocycles. The van der Waals surface area contributed by atoms with Crippen LogP contribution in [0.2, 0.25) is 0 Å². The van der Waals surface area contributed by atoms with Crippen LogP contribution in [-0.4, -0.2) is 40.1 Å². The second-order valence-corrected chi connectivity index (χ2v) is 5.78. The van der Waals surface area contributed by atoms with Gasteiger partial charge in [-0.15, -0.1) is 0 Å². The van der Waals surface area contributed by atoms with Gasteiger partial charge in [0.1, 0.15) is 5.75 Å². The highest BCUT2D eigenvalue weighted by Gasteiger charge is 2.18. The van der Waals surface area contributed by atoms with Gasteiger partial charge in [0, 0.05) is 25.5 Å². The monoisotopic (exact) mass is 283 g/mol. The van der Waals surface area contributed by atoms with E-state index in [1.807, 2.05) is 0 Å². The molecule has 0 spiro atoms. The number of pyridine rings is 1. The number of rotatable bonds is 4. The zero-order valence-corrected chi connectivity index (χ0v) is 11.3. The minimum absolute atomic E-state index is 0.0778. The van der Waals surface area contributed by atoms with Crippen molar-refractivity contribution in [2.75, 3.05) is 24.7 Å². The largest absolute Gasteiger partial charge is 0.396 e. The Morgan fingerprint density at radius 1 is 1.53 bits per heavy atom. The molecule has 1 aromatic rings. The van der Waals surface area contributed by atoms with Crippen molar-refractivity contribution in [2.24, 2.45) is 0 Å². The number of amides is 1. The Morgan fingerprint density at radius 3 is 2.95 bits per heavy atom. The Kier molecular flexibility index (Phi) is 4.86. The summed E-state index contributed by atoms with van der Waals surface area (Å²) in [5, 5.41) is 2.87. The first-order valence-electron chi connectivity index (χ1n) is 6.12. The molecule has 1 aromatic heterocycles. The number of carbonyl (C=O) groups excluding carboxylic acids is 1. The van der Waals surface area contributed by atoms with Crippen molar-refractivity contribution in [1.29, 1.82) is 0 Å². The third-order valence-electron chi connectivity index (χ3n) is 2.90. The molecule has 1 amide bonds.